The van der Waals surface area contributed by atoms with Gasteiger partial charge in [0.05, 0.1) is 6.54 Å². The van der Waals surface area contributed by atoms with Crippen molar-refractivity contribution in [2.75, 3.05) is 18.0 Å². The molecule has 1 saturated heterocycles. The Hall–Kier alpha value is -2.70. The van der Waals surface area contributed by atoms with E-state index in [2.05, 4.69) is 20.2 Å². The molecule has 7 nitrogen and oxygen atoms in total. The van der Waals surface area contributed by atoms with E-state index < -0.39 is 5.91 Å². The minimum atomic E-state index is -0.413. The van der Waals surface area contributed by atoms with Crippen molar-refractivity contribution in [2.24, 2.45) is 7.05 Å². The zero-order chi connectivity index (χ0) is 17.1. The van der Waals surface area contributed by atoms with E-state index in [-0.39, 0.29) is 17.7 Å². The summed E-state index contributed by atoms with van der Waals surface area (Å²) >= 11 is 0. The first-order chi connectivity index (χ1) is 11.5. The van der Waals surface area contributed by atoms with Crippen LogP contribution in [0.25, 0.3) is 0 Å². The molecule has 0 spiro atoms. The van der Waals surface area contributed by atoms with Crippen LogP contribution in [0, 0.1) is 6.92 Å². The van der Waals surface area contributed by atoms with Gasteiger partial charge in [-0.15, -0.1) is 0 Å². The number of carbonyl (C=O) groups excluding carboxylic acids is 1. The van der Waals surface area contributed by atoms with E-state index in [4.69, 9.17) is 0 Å². The fourth-order valence-corrected chi connectivity index (χ4v) is 2.82. The molecule has 3 rings (SSSR count). The number of pyridine rings is 1. The molecule has 126 valence electrons. The highest BCUT2D eigenvalue weighted by Gasteiger charge is 2.16. The minimum absolute atomic E-state index is 0.118. The topological polar surface area (TPSA) is 80.1 Å². The summed E-state index contributed by atoms with van der Waals surface area (Å²) in [6.45, 7) is 4.11. The van der Waals surface area contributed by atoms with Gasteiger partial charge < -0.3 is 14.8 Å². The molecule has 0 saturated carbocycles. The summed E-state index contributed by atoms with van der Waals surface area (Å²) in [5.74, 6) is 1.04. The molecule has 0 atom stereocenters. The summed E-state index contributed by atoms with van der Waals surface area (Å²) in [5.41, 5.74) is 0.664. The summed E-state index contributed by atoms with van der Waals surface area (Å²) < 4.78 is 1.38. The average Bonchev–Trinajstić information content (AvgIpc) is 3.09. The molecule has 1 aliphatic heterocycles. The van der Waals surface area contributed by atoms with Crippen LogP contribution >= 0.6 is 0 Å². The van der Waals surface area contributed by atoms with Crippen molar-refractivity contribution in [2.45, 2.75) is 26.3 Å². The highest BCUT2D eigenvalue weighted by Crippen LogP contribution is 2.18. The monoisotopic (exact) mass is 327 g/mol. The molecule has 0 aromatic carbocycles. The largest absolute Gasteiger partial charge is 0.357 e. The lowest BCUT2D eigenvalue weighted by molar-refractivity contribution is 0.0948. The van der Waals surface area contributed by atoms with E-state index in [0.29, 0.717) is 5.82 Å². The molecule has 0 aliphatic carbocycles. The number of nitrogens with one attached hydrogen (secondary N) is 1. The van der Waals surface area contributed by atoms with Crippen LogP contribution in [-0.2, 0) is 13.6 Å². The molecule has 0 radical (unpaired) electrons. The standard InChI is InChI=1S/C17H21N5O2/c1-12-10-15(22-8-3-4-9-22)20-14(19-12)11-18-16(23)13-6-5-7-21(2)17(13)24/h5-7,10H,3-4,8-9,11H2,1-2H3,(H,18,23). The molecular weight excluding hydrogens is 306 g/mol. The van der Waals surface area contributed by atoms with E-state index in [1.807, 2.05) is 13.0 Å². The first-order valence-corrected chi connectivity index (χ1v) is 8.08. The average molecular weight is 327 g/mol. The first kappa shape index (κ1) is 16.2. The third-order valence-corrected chi connectivity index (χ3v) is 4.09. The lowest BCUT2D eigenvalue weighted by Crippen LogP contribution is -2.32. The molecule has 1 fully saturated rings. The molecule has 0 bridgehead atoms. The van der Waals surface area contributed by atoms with Gasteiger partial charge >= 0.3 is 0 Å². The van der Waals surface area contributed by atoms with Gasteiger partial charge in [0.25, 0.3) is 11.5 Å². The van der Waals surface area contributed by atoms with Gasteiger partial charge in [-0.05, 0) is 31.9 Å². The molecule has 0 unspecified atom stereocenters. The van der Waals surface area contributed by atoms with Crippen molar-refractivity contribution >= 4 is 11.7 Å². The fourth-order valence-electron chi connectivity index (χ4n) is 2.82. The van der Waals surface area contributed by atoms with Gasteiger partial charge in [0.15, 0.2) is 0 Å². The summed E-state index contributed by atoms with van der Waals surface area (Å²) in [6, 6.07) is 5.15. The number of nitrogens with zero attached hydrogens (tertiary/aromatic N) is 4. The van der Waals surface area contributed by atoms with Crippen molar-refractivity contribution < 1.29 is 4.79 Å². The third-order valence-electron chi connectivity index (χ3n) is 4.09. The number of hydrogen-bond acceptors (Lipinski definition) is 5. The predicted molar refractivity (Wildman–Crippen MR) is 91.1 cm³/mol. The number of amides is 1. The Bertz CT molecular complexity index is 809. The predicted octanol–water partition coefficient (Wildman–Crippen LogP) is 1.01. The number of hydrogen-bond donors (Lipinski definition) is 1. The van der Waals surface area contributed by atoms with Crippen LogP contribution in [0.1, 0.15) is 34.7 Å². The van der Waals surface area contributed by atoms with E-state index in [0.717, 1.165) is 24.6 Å². The number of aryl methyl sites for hydroxylation is 2. The van der Waals surface area contributed by atoms with Crippen molar-refractivity contribution in [1.82, 2.24) is 19.9 Å². The second kappa shape index (κ2) is 6.82. The molecule has 3 heterocycles. The van der Waals surface area contributed by atoms with Crippen molar-refractivity contribution in [1.29, 1.82) is 0 Å². The second-order valence-electron chi connectivity index (χ2n) is 6.00. The van der Waals surface area contributed by atoms with E-state index >= 15 is 0 Å². The maximum absolute atomic E-state index is 12.2. The second-order valence-corrected chi connectivity index (χ2v) is 6.00. The van der Waals surface area contributed by atoms with Crippen LogP contribution in [0.4, 0.5) is 5.82 Å². The van der Waals surface area contributed by atoms with Gasteiger partial charge in [-0.2, -0.15) is 0 Å². The van der Waals surface area contributed by atoms with Gasteiger partial charge in [0.1, 0.15) is 17.2 Å². The molecule has 1 aliphatic rings. The van der Waals surface area contributed by atoms with Crippen LogP contribution in [0.5, 0.6) is 0 Å². The Kier molecular flexibility index (Phi) is 4.59. The van der Waals surface area contributed by atoms with Gasteiger partial charge in [-0.1, -0.05) is 0 Å². The maximum Gasteiger partial charge on any atom is 0.263 e. The number of rotatable bonds is 4. The van der Waals surface area contributed by atoms with Crippen LogP contribution in [0.2, 0.25) is 0 Å². The number of anilines is 1. The van der Waals surface area contributed by atoms with Crippen molar-refractivity contribution in [3.05, 3.63) is 51.8 Å². The smallest absolute Gasteiger partial charge is 0.263 e. The normalized spacial score (nSPS) is 14.0. The zero-order valence-corrected chi connectivity index (χ0v) is 14.0. The van der Waals surface area contributed by atoms with Crippen molar-refractivity contribution in [3.63, 3.8) is 0 Å². The molecule has 1 N–H and O–H groups in total. The van der Waals surface area contributed by atoms with Crippen LogP contribution in [0.3, 0.4) is 0 Å². The molecule has 2 aromatic heterocycles. The van der Waals surface area contributed by atoms with Crippen molar-refractivity contribution in [3.8, 4) is 0 Å². The van der Waals surface area contributed by atoms with Crippen LogP contribution in [-0.4, -0.2) is 33.5 Å². The molecule has 7 heteroatoms. The van der Waals surface area contributed by atoms with E-state index in [1.165, 1.54) is 23.5 Å². The van der Waals surface area contributed by atoms with E-state index in [9.17, 15) is 9.59 Å². The van der Waals surface area contributed by atoms with Gasteiger partial charge in [-0.25, -0.2) is 9.97 Å². The summed E-state index contributed by atoms with van der Waals surface area (Å²) in [4.78, 5) is 35.3. The number of carbonyl (C=O) groups is 1. The van der Waals surface area contributed by atoms with E-state index in [1.54, 1.807) is 19.3 Å². The molecular formula is C17H21N5O2. The summed E-state index contributed by atoms with van der Waals surface area (Å²) in [7, 11) is 1.62. The van der Waals surface area contributed by atoms with Crippen LogP contribution < -0.4 is 15.8 Å². The Labute approximate surface area is 140 Å². The highest BCUT2D eigenvalue weighted by atomic mass is 16.2. The summed E-state index contributed by atoms with van der Waals surface area (Å²) in [5, 5.41) is 2.73. The van der Waals surface area contributed by atoms with Gasteiger partial charge in [0, 0.05) is 38.1 Å². The lowest BCUT2D eigenvalue weighted by Gasteiger charge is -2.17. The summed E-state index contributed by atoms with van der Waals surface area (Å²) in [6.07, 6.45) is 3.96. The minimum Gasteiger partial charge on any atom is -0.357 e. The Morgan fingerprint density at radius 3 is 2.79 bits per heavy atom. The maximum atomic E-state index is 12.2. The molecule has 2 aromatic rings. The third kappa shape index (κ3) is 3.45. The zero-order valence-electron chi connectivity index (χ0n) is 14.0. The van der Waals surface area contributed by atoms with Gasteiger partial charge in [-0.3, -0.25) is 9.59 Å². The lowest BCUT2D eigenvalue weighted by atomic mass is 10.2. The Morgan fingerprint density at radius 1 is 1.29 bits per heavy atom. The quantitative estimate of drug-likeness (QED) is 0.907. The first-order valence-electron chi connectivity index (χ1n) is 8.08. The van der Waals surface area contributed by atoms with Crippen LogP contribution in [0.15, 0.2) is 29.2 Å². The SMILES string of the molecule is Cc1cc(N2CCCC2)nc(CNC(=O)c2cccn(C)c2=O)n1. The van der Waals surface area contributed by atoms with Gasteiger partial charge in [0.2, 0.25) is 0 Å². The fraction of sp³-hybridized carbons (Fsp3) is 0.412. The highest BCUT2D eigenvalue weighted by molar-refractivity contribution is 5.93. The Morgan fingerprint density at radius 2 is 2.04 bits per heavy atom. The number of aromatic nitrogens is 3. The molecule has 24 heavy (non-hydrogen) atoms. The Balaban J connectivity index is 1.73. The molecule has 1 amide bonds.